The van der Waals surface area contributed by atoms with Gasteiger partial charge in [-0.2, -0.15) is 0 Å². The van der Waals surface area contributed by atoms with Crippen molar-refractivity contribution in [2.24, 2.45) is 0 Å². The zero-order valence-electron chi connectivity index (χ0n) is 21.2. The molecule has 0 radical (unpaired) electrons. The third-order valence-corrected chi connectivity index (χ3v) is 6.16. The predicted molar refractivity (Wildman–Crippen MR) is 143 cm³/mol. The van der Waals surface area contributed by atoms with Gasteiger partial charge >= 0.3 is 0 Å². The Bertz CT molecular complexity index is 1290. The summed E-state index contributed by atoms with van der Waals surface area (Å²) in [6.07, 6.45) is 1.23. The lowest BCUT2D eigenvalue weighted by Crippen LogP contribution is -2.28. The van der Waals surface area contributed by atoms with E-state index in [0.29, 0.717) is 40.9 Å². The van der Waals surface area contributed by atoms with Gasteiger partial charge in [-0.15, -0.1) is 11.6 Å². The van der Waals surface area contributed by atoms with Crippen molar-refractivity contribution < 1.29 is 23.5 Å². The number of ketones is 1. The Morgan fingerprint density at radius 3 is 2.33 bits per heavy atom. The molecular formula is C28H31ClN2O5. The van der Waals surface area contributed by atoms with Crippen molar-refractivity contribution in [3.05, 3.63) is 65.4 Å². The van der Waals surface area contributed by atoms with E-state index in [4.69, 9.17) is 20.8 Å². The summed E-state index contributed by atoms with van der Waals surface area (Å²) in [5.41, 5.74) is 2.75. The van der Waals surface area contributed by atoms with Gasteiger partial charge in [0.05, 0.1) is 11.1 Å². The van der Waals surface area contributed by atoms with E-state index in [9.17, 15) is 14.4 Å². The number of likely N-dealkylation sites (N-methyl/N-ethyl adjacent to an activating group) is 1. The van der Waals surface area contributed by atoms with E-state index in [0.717, 1.165) is 5.56 Å². The van der Waals surface area contributed by atoms with Crippen LogP contribution >= 0.6 is 11.6 Å². The summed E-state index contributed by atoms with van der Waals surface area (Å²) in [5, 5.41) is 3.18. The minimum Gasteiger partial charge on any atom is -0.482 e. The van der Waals surface area contributed by atoms with Crippen molar-refractivity contribution in [3.8, 4) is 5.75 Å². The lowest BCUT2D eigenvalue weighted by Gasteiger charge is -2.18. The molecule has 0 saturated carbocycles. The number of amides is 2. The number of anilines is 1. The molecule has 8 heteroatoms. The van der Waals surface area contributed by atoms with Crippen LogP contribution in [0.5, 0.6) is 5.75 Å². The molecule has 1 atom stereocenters. The molecule has 0 spiro atoms. The molecule has 1 heterocycles. The fourth-order valence-corrected chi connectivity index (χ4v) is 4.08. The highest BCUT2D eigenvalue weighted by molar-refractivity contribution is 6.30. The van der Waals surface area contributed by atoms with Crippen LogP contribution in [0.3, 0.4) is 0 Å². The molecule has 0 aliphatic rings. The molecule has 1 unspecified atom stereocenters. The van der Waals surface area contributed by atoms with E-state index < -0.39 is 5.91 Å². The first-order valence-electron chi connectivity index (χ1n) is 11.9. The normalized spacial score (nSPS) is 12.3. The maximum absolute atomic E-state index is 12.8. The quantitative estimate of drug-likeness (QED) is 0.198. The highest BCUT2D eigenvalue weighted by Crippen LogP contribution is 2.42. The molecule has 3 aromatic rings. The van der Waals surface area contributed by atoms with Gasteiger partial charge in [0.2, 0.25) is 11.8 Å². The molecule has 7 nitrogen and oxygen atoms in total. The molecule has 0 bridgehead atoms. The van der Waals surface area contributed by atoms with E-state index in [1.54, 1.807) is 30.0 Å². The molecule has 1 N–H and O–H groups in total. The first-order valence-corrected chi connectivity index (χ1v) is 12.4. The standard InChI is InChI=1S/C28H31ClN2O5/c1-6-31(7-2)24(34)15-17(3)21-13-14-22(35-19(5)20-11-9-8-10-12-20)28-25(21)26(30-23(33)16-29)27(36-28)18(4)32/h8-15,19H,6-7,16H2,1-5H3,(H,30,33)/b17-15+. The molecule has 3 rings (SSSR count). The Hall–Kier alpha value is -3.58. The number of benzene rings is 2. The van der Waals surface area contributed by atoms with Gasteiger partial charge < -0.3 is 19.4 Å². The Morgan fingerprint density at radius 2 is 1.75 bits per heavy atom. The number of hydrogen-bond donors (Lipinski definition) is 1. The molecule has 36 heavy (non-hydrogen) atoms. The van der Waals surface area contributed by atoms with Crippen molar-refractivity contribution >= 4 is 51.4 Å². The van der Waals surface area contributed by atoms with Crippen LogP contribution in [-0.4, -0.2) is 41.5 Å². The number of allylic oxidation sites excluding steroid dienone is 1. The SMILES string of the molecule is CCN(CC)C(=O)/C=C(\C)c1ccc(OC(C)c2ccccc2)c2oc(C(C)=O)c(NC(=O)CCl)c12. The fraction of sp³-hybridized carbons (Fsp3) is 0.321. The second kappa shape index (κ2) is 11.9. The number of fused-ring (bicyclic) bond motifs is 1. The molecule has 2 aromatic carbocycles. The number of nitrogens with one attached hydrogen (secondary N) is 1. The Balaban J connectivity index is 2.22. The maximum Gasteiger partial charge on any atom is 0.246 e. The number of alkyl halides is 1. The summed E-state index contributed by atoms with van der Waals surface area (Å²) in [4.78, 5) is 39.2. The van der Waals surface area contributed by atoms with Crippen LogP contribution in [0.25, 0.3) is 16.5 Å². The second-order valence-electron chi connectivity index (χ2n) is 8.37. The Morgan fingerprint density at radius 1 is 1.08 bits per heavy atom. The number of nitrogens with zero attached hydrogens (tertiary/aromatic N) is 1. The molecule has 190 valence electrons. The third-order valence-electron chi connectivity index (χ3n) is 5.92. The summed E-state index contributed by atoms with van der Waals surface area (Å²) in [7, 11) is 0. The summed E-state index contributed by atoms with van der Waals surface area (Å²) in [6, 6.07) is 13.2. The van der Waals surface area contributed by atoms with Crippen LogP contribution in [-0.2, 0) is 9.59 Å². The summed E-state index contributed by atoms with van der Waals surface area (Å²) in [5.74, 6) is -0.902. The topological polar surface area (TPSA) is 88.8 Å². The van der Waals surface area contributed by atoms with Crippen LogP contribution in [0.2, 0.25) is 0 Å². The fourth-order valence-electron chi connectivity index (χ4n) is 4.01. The van der Waals surface area contributed by atoms with E-state index in [2.05, 4.69) is 5.32 Å². The highest BCUT2D eigenvalue weighted by Gasteiger charge is 2.26. The van der Waals surface area contributed by atoms with Crippen molar-refractivity contribution in [1.82, 2.24) is 4.90 Å². The van der Waals surface area contributed by atoms with Gasteiger partial charge in [-0.3, -0.25) is 14.4 Å². The summed E-state index contributed by atoms with van der Waals surface area (Å²) < 4.78 is 12.2. The first-order chi connectivity index (χ1) is 17.2. The van der Waals surface area contributed by atoms with Crippen LogP contribution in [0.4, 0.5) is 5.69 Å². The Kier molecular flexibility index (Phi) is 8.93. The van der Waals surface area contributed by atoms with Gasteiger partial charge in [-0.25, -0.2) is 0 Å². The van der Waals surface area contributed by atoms with Gasteiger partial charge in [-0.05, 0) is 50.5 Å². The number of ether oxygens (including phenoxy) is 1. The van der Waals surface area contributed by atoms with Crippen molar-refractivity contribution in [1.29, 1.82) is 0 Å². The van der Waals surface area contributed by atoms with Crippen LogP contribution in [0.15, 0.2) is 53.0 Å². The maximum atomic E-state index is 12.8. The van der Waals surface area contributed by atoms with Gasteiger partial charge in [0.1, 0.15) is 12.0 Å². The zero-order chi connectivity index (χ0) is 26.4. The number of carbonyl (C=O) groups is 3. The number of rotatable bonds is 10. The second-order valence-corrected chi connectivity index (χ2v) is 8.64. The molecule has 0 aliphatic heterocycles. The molecule has 0 fully saturated rings. The lowest BCUT2D eigenvalue weighted by atomic mass is 10.00. The lowest BCUT2D eigenvalue weighted by molar-refractivity contribution is -0.125. The van der Waals surface area contributed by atoms with Crippen LogP contribution in [0, 0.1) is 0 Å². The molecule has 1 aromatic heterocycles. The summed E-state index contributed by atoms with van der Waals surface area (Å²) in [6.45, 7) is 10.1. The molecule has 0 saturated heterocycles. The minimum absolute atomic E-state index is 0.0176. The van der Waals surface area contributed by atoms with E-state index in [1.807, 2.05) is 51.1 Å². The first kappa shape index (κ1) is 27.0. The van der Waals surface area contributed by atoms with Crippen molar-refractivity contribution in [3.63, 3.8) is 0 Å². The van der Waals surface area contributed by atoms with Crippen molar-refractivity contribution in [2.75, 3.05) is 24.3 Å². The van der Waals surface area contributed by atoms with E-state index in [1.165, 1.54) is 6.92 Å². The number of furan rings is 1. The van der Waals surface area contributed by atoms with E-state index in [-0.39, 0.29) is 35.1 Å². The van der Waals surface area contributed by atoms with Gasteiger partial charge in [-0.1, -0.05) is 36.4 Å². The average molecular weight is 511 g/mol. The summed E-state index contributed by atoms with van der Waals surface area (Å²) >= 11 is 5.74. The van der Waals surface area contributed by atoms with Crippen molar-refractivity contribution in [2.45, 2.75) is 40.7 Å². The zero-order valence-corrected chi connectivity index (χ0v) is 21.9. The molecule has 0 aliphatic carbocycles. The number of Topliss-reactive ketones (excluding diaryl/α,β-unsaturated/α-hetero) is 1. The average Bonchev–Trinajstić information content (AvgIpc) is 3.25. The Labute approximate surface area is 216 Å². The smallest absolute Gasteiger partial charge is 0.246 e. The highest BCUT2D eigenvalue weighted by atomic mass is 35.5. The van der Waals surface area contributed by atoms with Gasteiger partial charge in [0.15, 0.2) is 22.9 Å². The number of carbonyl (C=O) groups excluding carboxylic acids is 3. The largest absolute Gasteiger partial charge is 0.482 e. The molecule has 2 amide bonds. The minimum atomic E-state index is -0.488. The van der Waals surface area contributed by atoms with E-state index >= 15 is 0 Å². The van der Waals surface area contributed by atoms with Gasteiger partial charge in [0.25, 0.3) is 0 Å². The molecular weight excluding hydrogens is 480 g/mol. The number of halogens is 1. The predicted octanol–water partition coefficient (Wildman–Crippen LogP) is 6.22. The van der Waals surface area contributed by atoms with Gasteiger partial charge in [0, 0.05) is 26.1 Å². The van der Waals surface area contributed by atoms with Crippen LogP contribution < -0.4 is 10.1 Å². The monoisotopic (exact) mass is 510 g/mol. The van der Waals surface area contributed by atoms with Crippen LogP contribution in [0.1, 0.15) is 62.4 Å². The third kappa shape index (κ3) is 5.79. The number of hydrogen-bond acceptors (Lipinski definition) is 5.